The Morgan fingerprint density at radius 2 is 1.74 bits per heavy atom. The third-order valence-corrected chi connectivity index (χ3v) is 2.96. The lowest BCUT2D eigenvalue weighted by Gasteiger charge is -2.04. The van der Waals surface area contributed by atoms with Crippen molar-refractivity contribution >= 4 is 40.8 Å². The number of hydrogen-bond acceptors (Lipinski definition) is 3. The lowest BCUT2D eigenvalue weighted by Crippen LogP contribution is -2.10. The summed E-state index contributed by atoms with van der Waals surface area (Å²) in [5.74, 6) is -2.23. The first-order valence-corrected chi connectivity index (χ1v) is 5.82. The Morgan fingerprint density at radius 3 is 2.32 bits per heavy atom. The number of amides is 1. The average molecular weight is 300 g/mol. The van der Waals surface area contributed by atoms with Crippen LogP contribution in [-0.4, -0.2) is 17.0 Å². The van der Waals surface area contributed by atoms with Crippen LogP contribution >= 0.6 is 23.2 Å². The second-order valence-corrected chi connectivity index (χ2v) is 4.37. The van der Waals surface area contributed by atoms with Gasteiger partial charge in [0.2, 0.25) is 5.76 Å². The minimum atomic E-state index is -1.24. The fraction of sp³-hybridized carbons (Fsp3) is 0. The van der Waals surface area contributed by atoms with Crippen molar-refractivity contribution < 1.29 is 19.1 Å². The van der Waals surface area contributed by atoms with Gasteiger partial charge in [-0.1, -0.05) is 23.2 Å². The summed E-state index contributed by atoms with van der Waals surface area (Å²) in [6.07, 6.45) is 0. The van der Waals surface area contributed by atoms with Crippen LogP contribution in [-0.2, 0) is 0 Å². The molecule has 0 saturated heterocycles. The maximum absolute atomic E-state index is 11.8. The number of aromatic carboxylic acids is 1. The molecule has 2 rings (SSSR count). The molecular weight excluding hydrogens is 293 g/mol. The van der Waals surface area contributed by atoms with Crippen LogP contribution in [0.5, 0.6) is 0 Å². The molecule has 0 radical (unpaired) electrons. The van der Waals surface area contributed by atoms with Gasteiger partial charge in [-0.15, -0.1) is 0 Å². The number of nitrogens with one attached hydrogen (secondary N) is 1. The summed E-state index contributed by atoms with van der Waals surface area (Å²) in [6.45, 7) is 0. The van der Waals surface area contributed by atoms with E-state index in [0.29, 0.717) is 15.7 Å². The third kappa shape index (κ3) is 3.07. The highest BCUT2D eigenvalue weighted by Gasteiger charge is 2.15. The smallest absolute Gasteiger partial charge is 0.371 e. The van der Waals surface area contributed by atoms with Crippen molar-refractivity contribution in [3.05, 3.63) is 51.9 Å². The molecule has 2 aromatic rings. The van der Waals surface area contributed by atoms with Crippen molar-refractivity contribution in [2.24, 2.45) is 0 Å². The van der Waals surface area contributed by atoms with Crippen LogP contribution in [0.3, 0.4) is 0 Å². The number of hydrogen-bond donors (Lipinski definition) is 2. The van der Waals surface area contributed by atoms with E-state index in [0.717, 1.165) is 0 Å². The number of furan rings is 1. The number of anilines is 1. The summed E-state index contributed by atoms with van der Waals surface area (Å²) in [5.41, 5.74) is 0.424. The molecule has 0 fully saturated rings. The summed E-state index contributed by atoms with van der Waals surface area (Å²) < 4.78 is 4.86. The number of halogens is 2. The molecular formula is C12H7Cl2NO4. The quantitative estimate of drug-likeness (QED) is 0.908. The summed E-state index contributed by atoms with van der Waals surface area (Å²) >= 11 is 11.5. The zero-order valence-corrected chi connectivity index (χ0v) is 10.8. The molecule has 0 aliphatic carbocycles. The van der Waals surface area contributed by atoms with E-state index in [1.54, 1.807) is 6.07 Å². The first-order valence-electron chi connectivity index (χ1n) is 5.07. The summed E-state index contributed by atoms with van der Waals surface area (Å²) in [5, 5.41) is 11.9. The largest absolute Gasteiger partial charge is 0.475 e. The molecule has 5 nitrogen and oxygen atoms in total. The summed E-state index contributed by atoms with van der Waals surface area (Å²) in [7, 11) is 0. The molecule has 0 saturated carbocycles. The molecule has 2 N–H and O–H groups in total. The van der Waals surface area contributed by atoms with E-state index >= 15 is 0 Å². The predicted octanol–water partition coefficient (Wildman–Crippen LogP) is 3.54. The van der Waals surface area contributed by atoms with E-state index in [4.69, 9.17) is 32.7 Å². The maximum Gasteiger partial charge on any atom is 0.371 e. The van der Waals surface area contributed by atoms with E-state index in [-0.39, 0.29) is 11.5 Å². The highest BCUT2D eigenvalue weighted by atomic mass is 35.5. The molecule has 0 aliphatic rings. The van der Waals surface area contributed by atoms with Gasteiger partial charge in [0.25, 0.3) is 5.91 Å². The Hall–Kier alpha value is -1.98. The van der Waals surface area contributed by atoms with Crippen molar-refractivity contribution in [1.82, 2.24) is 0 Å². The van der Waals surface area contributed by atoms with E-state index in [1.807, 2.05) is 0 Å². The Morgan fingerprint density at radius 1 is 1.05 bits per heavy atom. The van der Waals surface area contributed by atoms with Gasteiger partial charge in [-0.2, -0.15) is 0 Å². The second kappa shape index (κ2) is 5.34. The zero-order chi connectivity index (χ0) is 14.0. The van der Waals surface area contributed by atoms with Gasteiger partial charge in [-0.05, 0) is 30.3 Å². The minimum absolute atomic E-state index is 0.108. The van der Waals surface area contributed by atoms with Crippen molar-refractivity contribution in [2.45, 2.75) is 0 Å². The Bertz CT molecular complexity index is 651. The Kier molecular flexibility index (Phi) is 3.78. The molecule has 0 aliphatic heterocycles. The van der Waals surface area contributed by atoms with Gasteiger partial charge in [-0.25, -0.2) is 4.79 Å². The van der Waals surface area contributed by atoms with Crippen molar-refractivity contribution in [1.29, 1.82) is 0 Å². The first kappa shape index (κ1) is 13.5. The van der Waals surface area contributed by atoms with Crippen LogP contribution in [0.2, 0.25) is 10.0 Å². The SMILES string of the molecule is O=C(O)c1ccc(C(=O)Nc2ccc(Cl)c(Cl)c2)o1. The highest BCUT2D eigenvalue weighted by molar-refractivity contribution is 6.42. The average Bonchev–Trinajstić information content (AvgIpc) is 2.83. The molecule has 7 heteroatoms. The Balaban J connectivity index is 2.15. The van der Waals surface area contributed by atoms with Gasteiger partial charge in [-0.3, -0.25) is 4.79 Å². The van der Waals surface area contributed by atoms with E-state index < -0.39 is 11.9 Å². The normalized spacial score (nSPS) is 10.2. The molecule has 19 heavy (non-hydrogen) atoms. The topological polar surface area (TPSA) is 79.5 Å². The van der Waals surface area contributed by atoms with Crippen molar-refractivity contribution in [3.8, 4) is 0 Å². The van der Waals surface area contributed by atoms with Crippen molar-refractivity contribution in [3.63, 3.8) is 0 Å². The molecule has 1 amide bonds. The molecule has 1 heterocycles. The highest BCUT2D eigenvalue weighted by Crippen LogP contribution is 2.25. The minimum Gasteiger partial charge on any atom is -0.475 e. The zero-order valence-electron chi connectivity index (χ0n) is 9.31. The number of carbonyl (C=O) groups is 2. The predicted molar refractivity (Wildman–Crippen MR) is 70.1 cm³/mol. The van der Waals surface area contributed by atoms with Crippen LogP contribution < -0.4 is 5.32 Å². The van der Waals surface area contributed by atoms with Gasteiger partial charge < -0.3 is 14.8 Å². The lowest BCUT2D eigenvalue weighted by molar-refractivity contribution is 0.0660. The fourth-order valence-electron chi connectivity index (χ4n) is 1.34. The molecule has 0 unspecified atom stereocenters. The fourth-order valence-corrected chi connectivity index (χ4v) is 1.64. The van der Waals surface area contributed by atoms with Crippen LogP contribution in [0, 0.1) is 0 Å². The van der Waals surface area contributed by atoms with E-state index in [2.05, 4.69) is 5.32 Å². The number of carboxylic acid groups (broad SMARTS) is 1. The van der Waals surface area contributed by atoms with Gasteiger partial charge in [0.15, 0.2) is 5.76 Å². The van der Waals surface area contributed by atoms with Crippen LogP contribution in [0.4, 0.5) is 5.69 Å². The number of carbonyl (C=O) groups excluding carboxylic acids is 1. The molecule has 0 bridgehead atoms. The summed E-state index contributed by atoms with van der Waals surface area (Å²) in [4.78, 5) is 22.4. The van der Waals surface area contributed by atoms with Crippen LogP contribution in [0.1, 0.15) is 21.1 Å². The van der Waals surface area contributed by atoms with Crippen molar-refractivity contribution in [2.75, 3.05) is 5.32 Å². The summed E-state index contributed by atoms with van der Waals surface area (Å²) in [6, 6.07) is 7.04. The second-order valence-electron chi connectivity index (χ2n) is 3.55. The molecule has 98 valence electrons. The Labute approximate surface area is 117 Å². The molecule has 0 spiro atoms. The number of benzene rings is 1. The van der Waals surface area contributed by atoms with Gasteiger partial charge in [0, 0.05) is 5.69 Å². The number of rotatable bonds is 3. The lowest BCUT2D eigenvalue weighted by atomic mass is 10.3. The van der Waals surface area contributed by atoms with Gasteiger partial charge in [0.05, 0.1) is 10.0 Å². The van der Waals surface area contributed by atoms with Gasteiger partial charge >= 0.3 is 5.97 Å². The third-order valence-electron chi connectivity index (χ3n) is 2.22. The molecule has 0 atom stereocenters. The van der Waals surface area contributed by atoms with E-state index in [1.165, 1.54) is 24.3 Å². The standard InChI is InChI=1S/C12H7Cl2NO4/c13-7-2-1-6(5-8(7)14)15-11(16)9-3-4-10(19-9)12(17)18/h1-5H,(H,15,16)(H,17,18). The van der Waals surface area contributed by atoms with Gasteiger partial charge in [0.1, 0.15) is 0 Å². The first-order chi connectivity index (χ1) is 8.97. The maximum atomic E-state index is 11.8. The molecule has 1 aromatic heterocycles. The number of carboxylic acids is 1. The molecule has 1 aromatic carbocycles. The monoisotopic (exact) mass is 299 g/mol. The van der Waals surface area contributed by atoms with E-state index in [9.17, 15) is 9.59 Å². The van der Waals surface area contributed by atoms with Crippen LogP contribution in [0.15, 0.2) is 34.7 Å². The van der Waals surface area contributed by atoms with Crippen LogP contribution in [0.25, 0.3) is 0 Å².